The zero-order valence-electron chi connectivity index (χ0n) is 16.5. The summed E-state index contributed by atoms with van der Waals surface area (Å²) in [4.78, 5) is 18.3. The molecule has 1 saturated carbocycles. The van der Waals surface area contributed by atoms with E-state index in [-0.39, 0.29) is 40.6 Å². The van der Waals surface area contributed by atoms with Gasteiger partial charge in [-0.3, -0.25) is 9.69 Å². The fourth-order valence-electron chi connectivity index (χ4n) is 3.74. The van der Waals surface area contributed by atoms with E-state index >= 15 is 0 Å². The number of halogens is 3. The average Bonchev–Trinajstić information content (AvgIpc) is 3.54. The second-order valence-electron chi connectivity index (χ2n) is 7.72. The molecular formula is C21H18F3N3O3S. The van der Waals surface area contributed by atoms with Crippen LogP contribution in [0.25, 0.3) is 0 Å². The van der Waals surface area contributed by atoms with Gasteiger partial charge in [0.25, 0.3) is 5.91 Å². The highest BCUT2D eigenvalue weighted by Gasteiger charge is 2.46. The summed E-state index contributed by atoms with van der Waals surface area (Å²) in [6.07, 6.45) is -1.77. The molecule has 1 fully saturated rings. The van der Waals surface area contributed by atoms with Gasteiger partial charge in [0.2, 0.25) is 0 Å². The van der Waals surface area contributed by atoms with Crippen molar-refractivity contribution < 1.29 is 26.4 Å². The third-order valence-electron chi connectivity index (χ3n) is 5.83. The number of carbonyl (C=O) groups excluding carboxylic acids is 1. The molecule has 0 atom stereocenters. The lowest BCUT2D eigenvalue weighted by atomic mass is 9.96. The van der Waals surface area contributed by atoms with E-state index in [1.165, 1.54) is 24.1 Å². The van der Waals surface area contributed by atoms with Crippen molar-refractivity contribution in [2.24, 2.45) is 0 Å². The Morgan fingerprint density at radius 2 is 1.97 bits per heavy atom. The van der Waals surface area contributed by atoms with Crippen molar-refractivity contribution in [3.63, 3.8) is 0 Å². The molecule has 0 bridgehead atoms. The molecule has 2 aromatic rings. The monoisotopic (exact) mass is 449 g/mol. The van der Waals surface area contributed by atoms with Gasteiger partial charge in [-0.15, -0.1) is 0 Å². The second-order valence-corrected chi connectivity index (χ2v) is 9.97. The van der Waals surface area contributed by atoms with E-state index in [9.17, 15) is 31.6 Å². The summed E-state index contributed by atoms with van der Waals surface area (Å²) in [5, 5.41) is 9.44. The molecule has 162 valence electrons. The zero-order chi connectivity index (χ0) is 22.6. The van der Waals surface area contributed by atoms with Crippen LogP contribution < -0.4 is 4.90 Å². The predicted octanol–water partition coefficient (Wildman–Crippen LogP) is 3.65. The van der Waals surface area contributed by atoms with E-state index in [1.54, 1.807) is 0 Å². The topological polar surface area (TPSA) is 91.1 Å². The van der Waals surface area contributed by atoms with Gasteiger partial charge >= 0.3 is 6.18 Å². The number of alkyl halides is 3. The fourth-order valence-corrected chi connectivity index (χ4v) is 4.80. The Morgan fingerprint density at radius 3 is 2.55 bits per heavy atom. The van der Waals surface area contributed by atoms with Crippen molar-refractivity contribution in [1.82, 2.24) is 4.98 Å². The fraction of sp³-hybridized carbons (Fsp3) is 0.381. The van der Waals surface area contributed by atoms with Crippen LogP contribution in [0.2, 0.25) is 0 Å². The van der Waals surface area contributed by atoms with Gasteiger partial charge in [0, 0.05) is 18.3 Å². The Labute approximate surface area is 177 Å². The van der Waals surface area contributed by atoms with Crippen molar-refractivity contribution >= 4 is 21.6 Å². The number of aromatic nitrogens is 1. The molecule has 6 nitrogen and oxygen atoms in total. The number of nitriles is 1. The molecule has 2 aliphatic rings. The van der Waals surface area contributed by atoms with E-state index in [2.05, 4.69) is 11.1 Å². The number of hydrogen-bond acceptors (Lipinski definition) is 5. The van der Waals surface area contributed by atoms with Crippen LogP contribution in [0.1, 0.15) is 46.8 Å². The summed E-state index contributed by atoms with van der Waals surface area (Å²) < 4.78 is 64.5. The maximum atomic E-state index is 13.1. The number of pyridine rings is 1. The van der Waals surface area contributed by atoms with Gasteiger partial charge in [0.05, 0.1) is 22.8 Å². The van der Waals surface area contributed by atoms with Gasteiger partial charge in [-0.2, -0.15) is 18.4 Å². The molecule has 2 heterocycles. The van der Waals surface area contributed by atoms with Gasteiger partial charge in [0.1, 0.15) is 4.90 Å². The number of fused-ring (bicyclic) bond motifs is 1. The molecule has 0 radical (unpaired) electrons. The van der Waals surface area contributed by atoms with Crippen molar-refractivity contribution in [3.8, 4) is 6.07 Å². The first-order valence-electron chi connectivity index (χ1n) is 9.69. The van der Waals surface area contributed by atoms with Gasteiger partial charge in [-0.1, -0.05) is 6.92 Å². The van der Waals surface area contributed by atoms with Gasteiger partial charge < -0.3 is 0 Å². The highest BCUT2D eigenvalue weighted by Crippen LogP contribution is 2.48. The lowest BCUT2D eigenvalue weighted by Crippen LogP contribution is -2.39. The minimum Gasteiger partial charge on any atom is -0.291 e. The van der Waals surface area contributed by atoms with Gasteiger partial charge in [-0.05, 0) is 54.7 Å². The Morgan fingerprint density at radius 1 is 1.26 bits per heavy atom. The largest absolute Gasteiger partial charge is 0.416 e. The number of carbonyl (C=O) groups is 1. The van der Waals surface area contributed by atoms with Crippen LogP contribution in [0.15, 0.2) is 35.4 Å². The predicted molar refractivity (Wildman–Crippen MR) is 105 cm³/mol. The van der Waals surface area contributed by atoms with Crippen LogP contribution in [-0.4, -0.2) is 31.6 Å². The Kier molecular flexibility index (Phi) is 4.85. The minimum atomic E-state index is -4.52. The standard InChI is InChI=1S/C21H18F3N3O3S/c1-2-31(29,30)17-10-15(20(12-25)6-7-20)11-26-18(17)27-8-5-13-9-14(21(22,23)24)3-4-16(13)19(27)28/h3-4,9-11H,2,5-8H2,1H3. The summed E-state index contributed by atoms with van der Waals surface area (Å²) in [5.41, 5.74) is -0.758. The molecular weight excluding hydrogens is 431 g/mol. The van der Waals surface area contributed by atoms with E-state index in [0.717, 1.165) is 18.2 Å². The quantitative estimate of drug-likeness (QED) is 0.711. The molecule has 1 aliphatic heterocycles. The highest BCUT2D eigenvalue weighted by atomic mass is 32.2. The molecule has 31 heavy (non-hydrogen) atoms. The van der Waals surface area contributed by atoms with Crippen LogP contribution in [0.3, 0.4) is 0 Å². The van der Waals surface area contributed by atoms with Gasteiger partial charge in [0.15, 0.2) is 15.7 Å². The van der Waals surface area contributed by atoms with E-state index in [1.807, 2.05) is 0 Å². The van der Waals surface area contributed by atoms with Crippen LogP contribution in [0.4, 0.5) is 19.0 Å². The lowest BCUT2D eigenvalue weighted by molar-refractivity contribution is -0.137. The Bertz CT molecular complexity index is 1230. The number of sulfone groups is 1. The summed E-state index contributed by atoms with van der Waals surface area (Å²) in [6.45, 7) is 1.46. The number of hydrogen-bond donors (Lipinski definition) is 0. The summed E-state index contributed by atoms with van der Waals surface area (Å²) in [5.74, 6) is -0.891. The van der Waals surface area contributed by atoms with Crippen molar-refractivity contribution in [2.45, 2.75) is 42.7 Å². The van der Waals surface area contributed by atoms with Crippen molar-refractivity contribution in [1.29, 1.82) is 5.26 Å². The third-order valence-corrected chi connectivity index (χ3v) is 7.56. The number of nitrogens with zero attached hydrogens (tertiary/aromatic N) is 3. The maximum Gasteiger partial charge on any atom is 0.416 e. The second kappa shape index (κ2) is 7.05. The number of anilines is 1. The lowest BCUT2D eigenvalue weighted by Gasteiger charge is -2.29. The summed E-state index contributed by atoms with van der Waals surface area (Å²) in [7, 11) is -3.78. The van der Waals surface area contributed by atoms with E-state index < -0.39 is 32.9 Å². The first kappa shape index (κ1) is 21.3. The van der Waals surface area contributed by atoms with E-state index in [4.69, 9.17) is 0 Å². The molecule has 4 rings (SSSR count). The van der Waals surface area contributed by atoms with Gasteiger partial charge in [-0.25, -0.2) is 13.4 Å². The molecule has 0 spiro atoms. The highest BCUT2D eigenvalue weighted by molar-refractivity contribution is 7.91. The Hall–Kier alpha value is -2.93. The van der Waals surface area contributed by atoms with Crippen LogP contribution in [-0.2, 0) is 27.8 Å². The normalized spacial score (nSPS) is 17.8. The molecule has 0 N–H and O–H groups in total. The molecule has 10 heteroatoms. The number of rotatable bonds is 4. The SMILES string of the molecule is CCS(=O)(=O)c1cc(C2(C#N)CC2)cnc1N1CCc2cc(C(F)(F)F)ccc2C1=O. The number of benzene rings is 1. The van der Waals surface area contributed by atoms with Crippen LogP contribution >= 0.6 is 0 Å². The first-order valence-corrected chi connectivity index (χ1v) is 11.3. The van der Waals surface area contributed by atoms with Crippen LogP contribution in [0, 0.1) is 11.3 Å². The minimum absolute atomic E-state index is 0.00484. The molecule has 0 unspecified atom stereocenters. The molecule has 1 aliphatic carbocycles. The Balaban J connectivity index is 1.78. The smallest absolute Gasteiger partial charge is 0.291 e. The van der Waals surface area contributed by atoms with Crippen molar-refractivity contribution in [2.75, 3.05) is 17.2 Å². The average molecular weight is 449 g/mol. The third kappa shape index (κ3) is 3.57. The van der Waals surface area contributed by atoms with E-state index in [0.29, 0.717) is 18.4 Å². The first-order chi connectivity index (χ1) is 14.5. The molecule has 1 amide bonds. The number of amides is 1. The maximum absolute atomic E-state index is 13.1. The molecule has 1 aromatic carbocycles. The summed E-state index contributed by atoms with van der Waals surface area (Å²) >= 11 is 0. The zero-order valence-corrected chi connectivity index (χ0v) is 17.3. The molecule has 1 aromatic heterocycles. The van der Waals surface area contributed by atoms with Crippen molar-refractivity contribution in [3.05, 3.63) is 52.7 Å². The summed E-state index contributed by atoms with van der Waals surface area (Å²) in [6, 6.07) is 6.51. The molecule has 0 saturated heterocycles. The van der Waals surface area contributed by atoms with Crippen LogP contribution in [0.5, 0.6) is 0 Å².